The van der Waals surface area contributed by atoms with E-state index < -0.39 is 0 Å². The Kier molecular flexibility index (Phi) is 7.82. The summed E-state index contributed by atoms with van der Waals surface area (Å²) < 4.78 is 5.50. The molecule has 6 heteroatoms. The molecule has 1 unspecified atom stereocenters. The monoisotopic (exact) mass is 388 g/mol. The van der Waals surface area contributed by atoms with Crippen LogP contribution < -0.4 is 10.1 Å². The molecule has 2 aromatic carbocycles. The van der Waals surface area contributed by atoms with Gasteiger partial charge in [0.2, 0.25) is 0 Å². The summed E-state index contributed by atoms with van der Waals surface area (Å²) in [5.74, 6) is 0.284. The predicted molar refractivity (Wildman–Crippen MR) is 108 cm³/mol. The van der Waals surface area contributed by atoms with E-state index in [2.05, 4.69) is 10.2 Å². The zero-order valence-electron chi connectivity index (χ0n) is 15.9. The Morgan fingerprint density at radius 3 is 2.15 bits per heavy atom. The fourth-order valence-electron chi connectivity index (χ4n) is 2.46. The molecule has 0 aromatic heterocycles. The number of hydrogen-bond acceptors (Lipinski definition) is 4. The summed E-state index contributed by atoms with van der Waals surface area (Å²) in [7, 11) is 4.00. The summed E-state index contributed by atoms with van der Waals surface area (Å²) in [6.07, 6.45) is 0.875. The molecule has 2 aromatic rings. The maximum absolute atomic E-state index is 12.4. The molecule has 0 saturated heterocycles. The van der Waals surface area contributed by atoms with Gasteiger partial charge in [-0.2, -0.15) is 0 Å². The molecule has 1 N–H and O–H groups in total. The van der Waals surface area contributed by atoms with Gasteiger partial charge in [0.05, 0.1) is 0 Å². The number of halogens is 1. The molecule has 0 heterocycles. The largest absolute Gasteiger partial charge is 0.484 e. The predicted octanol–water partition coefficient (Wildman–Crippen LogP) is 3.41. The first-order valence-corrected chi connectivity index (χ1v) is 9.20. The quantitative estimate of drug-likeness (QED) is 0.669. The maximum Gasteiger partial charge on any atom is 0.258 e. The molecule has 5 nitrogen and oxygen atoms in total. The van der Waals surface area contributed by atoms with E-state index in [1.54, 1.807) is 48.5 Å². The van der Waals surface area contributed by atoms with Gasteiger partial charge in [0, 0.05) is 22.2 Å². The topological polar surface area (TPSA) is 58.6 Å². The zero-order valence-corrected chi connectivity index (χ0v) is 16.6. The molecule has 0 aliphatic carbocycles. The van der Waals surface area contributed by atoms with Gasteiger partial charge < -0.3 is 15.0 Å². The lowest BCUT2D eigenvalue weighted by molar-refractivity contribution is -0.123. The second kappa shape index (κ2) is 10.1. The molecular formula is C21H25ClN2O3. The highest BCUT2D eigenvalue weighted by molar-refractivity contribution is 6.30. The van der Waals surface area contributed by atoms with Crippen LogP contribution in [0, 0.1) is 0 Å². The first-order valence-electron chi connectivity index (χ1n) is 8.82. The fraction of sp³-hybridized carbons (Fsp3) is 0.333. The van der Waals surface area contributed by atoms with Crippen molar-refractivity contribution in [2.24, 2.45) is 0 Å². The summed E-state index contributed by atoms with van der Waals surface area (Å²) in [5.41, 5.74) is 1.12. The van der Waals surface area contributed by atoms with Crippen molar-refractivity contribution in [1.29, 1.82) is 0 Å². The molecule has 0 spiro atoms. The van der Waals surface area contributed by atoms with Crippen molar-refractivity contribution in [3.05, 3.63) is 64.7 Å². The van der Waals surface area contributed by atoms with Crippen LogP contribution in [0.1, 0.15) is 29.3 Å². The molecule has 144 valence electrons. The Hall–Kier alpha value is -2.37. The highest BCUT2D eigenvalue weighted by Gasteiger charge is 2.11. The van der Waals surface area contributed by atoms with Gasteiger partial charge in [-0.05, 0) is 82.5 Å². The van der Waals surface area contributed by atoms with E-state index >= 15 is 0 Å². The van der Waals surface area contributed by atoms with Crippen LogP contribution in [-0.4, -0.2) is 49.9 Å². The third-order valence-electron chi connectivity index (χ3n) is 4.01. The van der Waals surface area contributed by atoms with Crippen LogP contribution in [0.4, 0.5) is 0 Å². The van der Waals surface area contributed by atoms with Crippen LogP contribution >= 0.6 is 11.6 Å². The molecule has 0 aliphatic rings. The van der Waals surface area contributed by atoms with E-state index in [0.29, 0.717) is 21.9 Å². The van der Waals surface area contributed by atoms with Gasteiger partial charge >= 0.3 is 0 Å². The van der Waals surface area contributed by atoms with Crippen molar-refractivity contribution < 1.29 is 14.3 Å². The molecule has 0 saturated carbocycles. The second-order valence-corrected chi connectivity index (χ2v) is 7.15. The number of carbonyl (C=O) groups is 2. The Balaban J connectivity index is 1.84. The lowest BCUT2D eigenvalue weighted by Gasteiger charge is -2.16. The number of rotatable bonds is 9. The normalized spacial score (nSPS) is 11.9. The molecule has 0 fully saturated rings. The highest BCUT2D eigenvalue weighted by atomic mass is 35.5. The minimum absolute atomic E-state index is 0.0587. The number of ether oxygens (including phenoxy) is 1. The summed E-state index contributed by atoms with van der Waals surface area (Å²) in [5, 5.41) is 3.49. The Morgan fingerprint density at radius 2 is 1.59 bits per heavy atom. The molecule has 1 atom stereocenters. The average molecular weight is 389 g/mol. The molecular weight excluding hydrogens is 364 g/mol. The summed E-state index contributed by atoms with van der Waals surface area (Å²) in [6, 6.07) is 13.6. The van der Waals surface area contributed by atoms with Crippen LogP contribution in [0.2, 0.25) is 5.02 Å². The Bertz CT molecular complexity index is 758. The third kappa shape index (κ3) is 7.04. The fourth-order valence-corrected chi connectivity index (χ4v) is 2.59. The number of ketones is 1. The van der Waals surface area contributed by atoms with Crippen molar-refractivity contribution in [2.45, 2.75) is 19.4 Å². The van der Waals surface area contributed by atoms with Gasteiger partial charge in [0.15, 0.2) is 12.4 Å². The molecule has 2 rings (SSSR count). The molecule has 1 amide bonds. The first-order chi connectivity index (χ1) is 12.8. The molecule has 27 heavy (non-hydrogen) atoms. The smallest absolute Gasteiger partial charge is 0.258 e. The number of nitrogens with zero attached hydrogens (tertiary/aromatic N) is 1. The van der Waals surface area contributed by atoms with Crippen molar-refractivity contribution in [2.75, 3.05) is 27.2 Å². The minimum atomic E-state index is -0.164. The minimum Gasteiger partial charge on any atom is -0.484 e. The first kappa shape index (κ1) is 20.9. The van der Waals surface area contributed by atoms with Crippen LogP contribution in [0.3, 0.4) is 0 Å². The van der Waals surface area contributed by atoms with Gasteiger partial charge in [-0.15, -0.1) is 0 Å². The Labute approximate surface area is 165 Å². The number of hydrogen-bond donors (Lipinski definition) is 1. The van der Waals surface area contributed by atoms with Crippen LogP contribution in [0.15, 0.2) is 48.5 Å². The van der Waals surface area contributed by atoms with E-state index in [1.807, 2.05) is 21.0 Å². The van der Waals surface area contributed by atoms with Crippen LogP contribution in [0.25, 0.3) is 0 Å². The number of benzene rings is 2. The van der Waals surface area contributed by atoms with E-state index in [9.17, 15) is 9.59 Å². The SMILES string of the molecule is CC(CCN(C)C)NC(=O)COc1ccc(C(=O)c2ccc(Cl)cc2)cc1. The van der Waals surface area contributed by atoms with E-state index in [4.69, 9.17) is 16.3 Å². The van der Waals surface area contributed by atoms with Crippen LogP contribution in [0.5, 0.6) is 5.75 Å². The number of carbonyl (C=O) groups excluding carboxylic acids is 2. The van der Waals surface area contributed by atoms with E-state index in [-0.39, 0.29) is 24.3 Å². The Morgan fingerprint density at radius 1 is 1.04 bits per heavy atom. The van der Waals surface area contributed by atoms with Gasteiger partial charge in [-0.3, -0.25) is 9.59 Å². The van der Waals surface area contributed by atoms with E-state index in [1.165, 1.54) is 0 Å². The molecule has 0 aliphatic heterocycles. The maximum atomic E-state index is 12.4. The third-order valence-corrected chi connectivity index (χ3v) is 4.26. The lowest BCUT2D eigenvalue weighted by atomic mass is 10.0. The van der Waals surface area contributed by atoms with E-state index in [0.717, 1.165) is 13.0 Å². The summed E-state index contributed by atoms with van der Waals surface area (Å²) >= 11 is 5.84. The van der Waals surface area contributed by atoms with Crippen molar-refractivity contribution >= 4 is 23.3 Å². The van der Waals surface area contributed by atoms with Gasteiger partial charge in [-0.25, -0.2) is 0 Å². The number of amides is 1. The van der Waals surface area contributed by atoms with Gasteiger partial charge in [0.25, 0.3) is 5.91 Å². The number of nitrogens with one attached hydrogen (secondary N) is 1. The average Bonchev–Trinajstić information content (AvgIpc) is 2.65. The molecule has 0 radical (unpaired) electrons. The highest BCUT2D eigenvalue weighted by Crippen LogP contribution is 2.17. The summed E-state index contributed by atoms with van der Waals surface area (Å²) in [6.45, 7) is 2.82. The van der Waals surface area contributed by atoms with Crippen LogP contribution in [-0.2, 0) is 4.79 Å². The van der Waals surface area contributed by atoms with Gasteiger partial charge in [-0.1, -0.05) is 11.6 Å². The molecule has 0 bridgehead atoms. The van der Waals surface area contributed by atoms with Gasteiger partial charge in [0.1, 0.15) is 5.75 Å². The van der Waals surface area contributed by atoms with Crippen molar-refractivity contribution in [3.63, 3.8) is 0 Å². The lowest BCUT2D eigenvalue weighted by Crippen LogP contribution is -2.37. The summed E-state index contributed by atoms with van der Waals surface area (Å²) in [4.78, 5) is 26.4. The second-order valence-electron chi connectivity index (χ2n) is 6.71. The standard InChI is InChI=1S/C21H25ClN2O3/c1-15(12-13-24(2)3)23-20(25)14-27-19-10-6-17(7-11-19)21(26)16-4-8-18(22)9-5-16/h4-11,15H,12-14H2,1-3H3,(H,23,25). The van der Waals surface area contributed by atoms with Crippen molar-refractivity contribution in [3.8, 4) is 5.75 Å². The zero-order chi connectivity index (χ0) is 19.8. The van der Waals surface area contributed by atoms with Crippen molar-refractivity contribution in [1.82, 2.24) is 10.2 Å².